The standard InChI is InChI=1S/C20H26N4O3/c25-19(21-16-5-3-1-2-4-6-16)20-22-18(23-27-20)15-7-9-17(10-8-15)24-11-13-26-14-12-24/h7-10,16H,1-6,11-14H2,(H,21,25). The van der Waals surface area contributed by atoms with Crippen LogP contribution in [0.3, 0.4) is 0 Å². The zero-order valence-electron chi connectivity index (χ0n) is 15.5. The summed E-state index contributed by atoms with van der Waals surface area (Å²) in [5, 5.41) is 7.02. The van der Waals surface area contributed by atoms with Crippen molar-refractivity contribution in [2.24, 2.45) is 0 Å². The molecular formula is C20H26N4O3. The molecule has 0 bridgehead atoms. The van der Waals surface area contributed by atoms with Crippen LogP contribution >= 0.6 is 0 Å². The Kier molecular flexibility index (Phi) is 5.67. The Morgan fingerprint density at radius 3 is 2.44 bits per heavy atom. The van der Waals surface area contributed by atoms with Crippen LogP contribution in [0, 0.1) is 0 Å². The molecule has 0 unspecified atom stereocenters. The predicted molar refractivity (Wildman–Crippen MR) is 102 cm³/mol. The van der Waals surface area contributed by atoms with E-state index in [1.807, 2.05) is 24.3 Å². The first kappa shape index (κ1) is 18.0. The molecule has 2 fully saturated rings. The van der Waals surface area contributed by atoms with E-state index in [0.717, 1.165) is 63.2 Å². The Balaban J connectivity index is 1.40. The quantitative estimate of drug-likeness (QED) is 0.834. The van der Waals surface area contributed by atoms with Crippen LogP contribution in [0.1, 0.15) is 49.2 Å². The van der Waals surface area contributed by atoms with Gasteiger partial charge in [-0.25, -0.2) is 0 Å². The van der Waals surface area contributed by atoms with E-state index >= 15 is 0 Å². The number of morpholine rings is 1. The molecule has 1 aliphatic carbocycles. The molecule has 27 heavy (non-hydrogen) atoms. The van der Waals surface area contributed by atoms with Gasteiger partial charge in [0.2, 0.25) is 5.82 Å². The number of amides is 1. The number of carbonyl (C=O) groups is 1. The third kappa shape index (κ3) is 4.47. The highest BCUT2D eigenvalue weighted by Crippen LogP contribution is 2.22. The maximum atomic E-state index is 12.4. The van der Waals surface area contributed by atoms with Gasteiger partial charge in [0.05, 0.1) is 13.2 Å². The van der Waals surface area contributed by atoms with Crippen molar-refractivity contribution < 1.29 is 14.1 Å². The molecular weight excluding hydrogens is 344 g/mol. The van der Waals surface area contributed by atoms with E-state index in [4.69, 9.17) is 9.26 Å². The summed E-state index contributed by atoms with van der Waals surface area (Å²) < 4.78 is 10.6. The van der Waals surface area contributed by atoms with Gasteiger partial charge in [0, 0.05) is 30.4 Å². The van der Waals surface area contributed by atoms with Crippen LogP contribution in [0.2, 0.25) is 0 Å². The van der Waals surface area contributed by atoms with E-state index in [9.17, 15) is 4.79 Å². The second kappa shape index (κ2) is 8.52. The molecule has 2 heterocycles. The fourth-order valence-electron chi connectivity index (χ4n) is 3.75. The van der Waals surface area contributed by atoms with Gasteiger partial charge in [0.1, 0.15) is 0 Å². The first-order chi connectivity index (χ1) is 13.3. The minimum Gasteiger partial charge on any atom is -0.378 e. The van der Waals surface area contributed by atoms with Gasteiger partial charge in [-0.15, -0.1) is 0 Å². The van der Waals surface area contributed by atoms with Gasteiger partial charge in [-0.05, 0) is 37.1 Å². The molecule has 1 amide bonds. The summed E-state index contributed by atoms with van der Waals surface area (Å²) in [7, 11) is 0. The Morgan fingerprint density at radius 1 is 1.04 bits per heavy atom. The van der Waals surface area contributed by atoms with Gasteiger partial charge in [0.15, 0.2) is 0 Å². The molecule has 0 spiro atoms. The molecule has 0 radical (unpaired) electrons. The van der Waals surface area contributed by atoms with Crippen molar-refractivity contribution in [3.8, 4) is 11.4 Å². The van der Waals surface area contributed by atoms with Gasteiger partial charge in [-0.3, -0.25) is 4.79 Å². The van der Waals surface area contributed by atoms with E-state index in [1.54, 1.807) is 0 Å². The maximum absolute atomic E-state index is 12.4. The van der Waals surface area contributed by atoms with Crippen LogP contribution in [-0.4, -0.2) is 48.4 Å². The summed E-state index contributed by atoms with van der Waals surface area (Å²) in [4.78, 5) is 19.0. The zero-order chi connectivity index (χ0) is 18.5. The number of hydrogen-bond donors (Lipinski definition) is 1. The van der Waals surface area contributed by atoms with Crippen LogP contribution in [0.5, 0.6) is 0 Å². The largest absolute Gasteiger partial charge is 0.378 e. The highest BCUT2D eigenvalue weighted by molar-refractivity contribution is 5.90. The molecule has 7 heteroatoms. The molecule has 1 aromatic carbocycles. The van der Waals surface area contributed by atoms with Crippen LogP contribution < -0.4 is 10.2 Å². The van der Waals surface area contributed by atoms with E-state index in [-0.39, 0.29) is 17.8 Å². The van der Waals surface area contributed by atoms with Crippen LogP contribution in [-0.2, 0) is 4.74 Å². The van der Waals surface area contributed by atoms with Gasteiger partial charge in [-0.2, -0.15) is 4.98 Å². The summed E-state index contributed by atoms with van der Waals surface area (Å²) in [6.45, 7) is 3.30. The van der Waals surface area contributed by atoms with Crippen LogP contribution in [0.15, 0.2) is 28.8 Å². The molecule has 1 aliphatic heterocycles. The molecule has 1 N–H and O–H groups in total. The lowest BCUT2D eigenvalue weighted by Crippen LogP contribution is -2.36. The monoisotopic (exact) mass is 370 g/mol. The van der Waals surface area contributed by atoms with Crippen molar-refractivity contribution >= 4 is 11.6 Å². The smallest absolute Gasteiger partial charge is 0.316 e. The van der Waals surface area contributed by atoms with Crippen molar-refractivity contribution in [1.29, 1.82) is 0 Å². The number of ether oxygens (including phenoxy) is 1. The maximum Gasteiger partial charge on any atom is 0.316 e. The summed E-state index contributed by atoms with van der Waals surface area (Å²) in [6.07, 6.45) is 6.87. The van der Waals surface area contributed by atoms with E-state index in [0.29, 0.717) is 5.82 Å². The van der Waals surface area contributed by atoms with Crippen LogP contribution in [0.4, 0.5) is 5.69 Å². The zero-order valence-corrected chi connectivity index (χ0v) is 15.5. The second-order valence-electron chi connectivity index (χ2n) is 7.23. The third-order valence-electron chi connectivity index (χ3n) is 5.31. The lowest BCUT2D eigenvalue weighted by molar-refractivity contribution is 0.0889. The molecule has 7 nitrogen and oxygen atoms in total. The summed E-state index contributed by atoms with van der Waals surface area (Å²) in [5.41, 5.74) is 1.99. The molecule has 144 valence electrons. The first-order valence-electron chi connectivity index (χ1n) is 9.87. The number of rotatable bonds is 4. The van der Waals surface area contributed by atoms with Crippen molar-refractivity contribution in [2.75, 3.05) is 31.2 Å². The number of benzene rings is 1. The number of anilines is 1. The topological polar surface area (TPSA) is 80.5 Å². The van der Waals surface area contributed by atoms with Crippen molar-refractivity contribution in [3.05, 3.63) is 30.2 Å². The molecule has 2 aromatic rings. The van der Waals surface area contributed by atoms with E-state index < -0.39 is 0 Å². The third-order valence-corrected chi connectivity index (χ3v) is 5.31. The molecule has 1 saturated heterocycles. The summed E-state index contributed by atoms with van der Waals surface area (Å²) in [6, 6.07) is 8.22. The Morgan fingerprint density at radius 2 is 1.74 bits per heavy atom. The summed E-state index contributed by atoms with van der Waals surface area (Å²) >= 11 is 0. The lowest BCUT2D eigenvalue weighted by Gasteiger charge is -2.28. The molecule has 2 aliphatic rings. The minimum absolute atomic E-state index is 0.0338. The lowest BCUT2D eigenvalue weighted by atomic mass is 10.1. The van der Waals surface area contributed by atoms with Crippen LogP contribution in [0.25, 0.3) is 11.4 Å². The Bertz CT molecular complexity index is 745. The fraction of sp³-hybridized carbons (Fsp3) is 0.550. The van der Waals surface area contributed by atoms with Gasteiger partial charge < -0.3 is 19.5 Å². The normalized spacial score (nSPS) is 18.9. The molecule has 1 aromatic heterocycles. The number of aromatic nitrogens is 2. The first-order valence-corrected chi connectivity index (χ1v) is 9.87. The van der Waals surface area contributed by atoms with E-state index in [1.165, 1.54) is 12.8 Å². The average Bonchev–Trinajstić information content (AvgIpc) is 3.08. The second-order valence-corrected chi connectivity index (χ2v) is 7.23. The Hall–Kier alpha value is -2.41. The number of carbonyl (C=O) groups excluding carboxylic acids is 1. The highest BCUT2D eigenvalue weighted by Gasteiger charge is 2.21. The van der Waals surface area contributed by atoms with E-state index in [2.05, 4.69) is 20.4 Å². The Labute approximate surface area is 159 Å². The average molecular weight is 370 g/mol. The van der Waals surface area contributed by atoms with Gasteiger partial charge in [0.25, 0.3) is 0 Å². The number of nitrogens with zero attached hydrogens (tertiary/aromatic N) is 3. The molecule has 1 saturated carbocycles. The van der Waals surface area contributed by atoms with Gasteiger partial charge in [-0.1, -0.05) is 30.8 Å². The minimum atomic E-state index is -0.273. The van der Waals surface area contributed by atoms with Crippen molar-refractivity contribution in [2.45, 2.75) is 44.6 Å². The molecule has 4 rings (SSSR count). The van der Waals surface area contributed by atoms with Gasteiger partial charge >= 0.3 is 11.8 Å². The molecule has 0 atom stereocenters. The summed E-state index contributed by atoms with van der Waals surface area (Å²) in [5.74, 6) is 0.201. The highest BCUT2D eigenvalue weighted by atomic mass is 16.5. The SMILES string of the molecule is O=C(NC1CCCCCC1)c1nc(-c2ccc(N3CCOCC3)cc2)no1. The van der Waals surface area contributed by atoms with Crippen molar-refractivity contribution in [3.63, 3.8) is 0 Å². The predicted octanol–water partition coefficient (Wildman–Crippen LogP) is 3.03. The number of hydrogen-bond acceptors (Lipinski definition) is 6. The fourth-order valence-corrected chi connectivity index (χ4v) is 3.75. The van der Waals surface area contributed by atoms with Crippen molar-refractivity contribution in [1.82, 2.24) is 15.5 Å². The number of nitrogens with one attached hydrogen (secondary N) is 1.